The van der Waals surface area contributed by atoms with Crippen LogP contribution < -0.4 is 0 Å². The number of carbonyl (C=O) groups is 1. The fraction of sp³-hybridized carbons (Fsp3) is 0.909. The Bertz CT molecular complexity index is 1040. The second-order valence-electron chi connectivity index (χ2n) is 15.2. The van der Waals surface area contributed by atoms with E-state index in [4.69, 9.17) is 19.2 Å². The van der Waals surface area contributed by atoms with Gasteiger partial charge in [0.25, 0.3) is 0 Å². The first kappa shape index (κ1) is 35.9. The normalized spacial score (nSPS) is 37.2. The Morgan fingerprint density at radius 2 is 1.73 bits per heavy atom. The van der Waals surface area contributed by atoms with Crippen molar-refractivity contribution in [1.82, 2.24) is 0 Å². The fourth-order valence-electron chi connectivity index (χ4n) is 9.65. The predicted octanol–water partition coefficient (Wildman–Crippen LogP) is 5.55. The largest absolute Gasteiger partial charge is 0.728 e. The van der Waals surface area contributed by atoms with Crippen molar-refractivity contribution in [2.24, 2.45) is 46.3 Å². The molecule has 0 saturated heterocycles. The van der Waals surface area contributed by atoms with E-state index in [-0.39, 0.29) is 11.5 Å². The summed E-state index contributed by atoms with van der Waals surface area (Å²) in [6, 6.07) is 0. The van der Waals surface area contributed by atoms with Crippen LogP contribution in [0.4, 0.5) is 0 Å². The lowest BCUT2D eigenvalue weighted by Gasteiger charge is -2.58. The summed E-state index contributed by atoms with van der Waals surface area (Å²) in [6.45, 7) is 11.5. The lowest BCUT2D eigenvalue weighted by Crippen LogP contribution is -2.51. The molecule has 5 N–H and O–H groups in total. The Kier molecular flexibility index (Phi) is 12.1. The summed E-state index contributed by atoms with van der Waals surface area (Å²) in [7, 11) is -2.81. The molecule has 4 aliphatic carbocycles. The van der Waals surface area contributed by atoms with Crippen LogP contribution in [0.5, 0.6) is 0 Å². The molecule has 0 aromatic carbocycles. The number of aliphatic carboxylic acids is 1. The van der Waals surface area contributed by atoms with E-state index in [0.717, 1.165) is 48.9 Å². The number of hydrogen-bond acceptors (Lipinski definition) is 9. The van der Waals surface area contributed by atoms with Crippen molar-refractivity contribution < 1.29 is 49.0 Å². The average Bonchev–Trinajstić information content (AvgIpc) is 3.34. The first-order valence-corrected chi connectivity index (χ1v) is 17.9. The highest BCUT2D eigenvalue weighted by Crippen LogP contribution is 2.67. The maximum Gasteiger partial charge on any atom is 0.728 e. The Morgan fingerprint density at radius 3 is 2.41 bits per heavy atom. The molecule has 0 heterocycles. The van der Waals surface area contributed by atoms with Crippen LogP contribution in [-0.4, -0.2) is 68.6 Å². The highest BCUT2D eigenvalue weighted by molar-refractivity contribution is 7.33. The van der Waals surface area contributed by atoms with Crippen LogP contribution in [0, 0.1) is 46.3 Å². The number of fused-ring (bicyclic) bond motifs is 5. The Hall–Kier alpha value is -0.970. The Morgan fingerprint density at radius 1 is 1.00 bits per heavy atom. The number of carboxylic acid groups (broad SMARTS) is 1. The average molecular weight is 644 g/mol. The van der Waals surface area contributed by atoms with Crippen molar-refractivity contribution in [2.75, 3.05) is 6.61 Å². The SMILES string of the molecule is CC(C)CCC[C@@H](C)[C@H]1CCC2C3CC=C4C[C@@H](OO[P+](=O)OCC(O)C(O)C(O)C(O)C(=O)O)CC[C@]4(C)C3CC[C@@]21C. The molecule has 10 nitrogen and oxygen atoms in total. The van der Waals surface area contributed by atoms with E-state index >= 15 is 0 Å². The second kappa shape index (κ2) is 14.8. The van der Waals surface area contributed by atoms with Gasteiger partial charge in [0.05, 0.1) is 4.67 Å². The van der Waals surface area contributed by atoms with Crippen molar-refractivity contribution in [2.45, 2.75) is 136 Å². The third kappa shape index (κ3) is 7.60. The first-order chi connectivity index (χ1) is 20.7. The van der Waals surface area contributed by atoms with Crippen molar-refractivity contribution in [3.63, 3.8) is 0 Å². The van der Waals surface area contributed by atoms with Gasteiger partial charge in [-0.25, -0.2) is 4.79 Å². The number of aliphatic hydroxyl groups excluding tert-OH is 4. The van der Waals surface area contributed by atoms with Gasteiger partial charge in [0, 0.05) is 4.57 Å². The molecule has 0 spiro atoms. The minimum Gasteiger partial charge on any atom is -0.479 e. The minimum absolute atomic E-state index is 0.130. The Balaban J connectivity index is 1.27. The molecule has 0 bridgehead atoms. The van der Waals surface area contributed by atoms with Crippen LogP contribution in [0.3, 0.4) is 0 Å². The van der Waals surface area contributed by atoms with E-state index in [1.54, 1.807) is 0 Å². The van der Waals surface area contributed by atoms with Gasteiger partial charge < -0.3 is 25.5 Å². The molecule has 0 amide bonds. The van der Waals surface area contributed by atoms with Crippen molar-refractivity contribution >= 4 is 14.2 Å². The zero-order valence-electron chi connectivity index (χ0n) is 27.1. The van der Waals surface area contributed by atoms with Crippen molar-refractivity contribution in [1.29, 1.82) is 0 Å². The molecule has 13 atom stereocenters. The van der Waals surface area contributed by atoms with Gasteiger partial charge in [-0.2, -0.15) is 4.89 Å². The summed E-state index contributed by atoms with van der Waals surface area (Å²) in [5, 5.41) is 47.5. The summed E-state index contributed by atoms with van der Waals surface area (Å²) in [4.78, 5) is 16.3. The maximum atomic E-state index is 12.2. The standard InChI is InChI=1S/C33H55O10P/c1-19(2)7-6-8-20(3)24-11-12-25-23-10-9-21-17-22(13-15-32(21,4)26(23)14-16-33(24,25)5)42-43-44(40)41-18-27(34)28(35)29(36)30(37)31(38)39/h9,19-20,22-30,34-37H,6-8,10-18H2,1-5H3/p+1/t20-,22+,23?,24-,25?,26?,27?,28?,29?,30?,32+,33-/m1/s1. The summed E-state index contributed by atoms with van der Waals surface area (Å²) in [5.41, 5.74) is 1.97. The van der Waals surface area contributed by atoms with Gasteiger partial charge >= 0.3 is 14.2 Å². The van der Waals surface area contributed by atoms with Crippen LogP contribution in [0.25, 0.3) is 0 Å². The van der Waals surface area contributed by atoms with Gasteiger partial charge in [-0.1, -0.05) is 65.5 Å². The van der Waals surface area contributed by atoms with Gasteiger partial charge in [0.2, 0.25) is 0 Å². The molecule has 4 rings (SSSR count). The zero-order chi connectivity index (χ0) is 32.4. The number of carboxylic acids is 1. The lowest BCUT2D eigenvalue weighted by atomic mass is 9.47. The van der Waals surface area contributed by atoms with E-state index in [9.17, 15) is 29.8 Å². The predicted molar refractivity (Wildman–Crippen MR) is 164 cm³/mol. The van der Waals surface area contributed by atoms with Gasteiger partial charge in [-0.15, -0.1) is 4.52 Å². The topological polar surface area (TPSA) is 163 Å². The third-order valence-corrected chi connectivity index (χ3v) is 12.7. The van der Waals surface area contributed by atoms with E-state index < -0.39 is 45.2 Å². The summed E-state index contributed by atoms with van der Waals surface area (Å²) in [6.07, 6.45) is 6.74. The molecule has 8 unspecified atom stereocenters. The molecule has 3 saturated carbocycles. The molecule has 4 aliphatic rings. The third-order valence-electron chi connectivity index (χ3n) is 12.2. The van der Waals surface area contributed by atoms with E-state index in [1.807, 2.05) is 0 Å². The van der Waals surface area contributed by atoms with Gasteiger partial charge in [0.15, 0.2) is 6.10 Å². The summed E-state index contributed by atoms with van der Waals surface area (Å²) in [5.74, 6) is 2.82. The van der Waals surface area contributed by atoms with Crippen molar-refractivity contribution in [3.05, 3.63) is 11.6 Å². The monoisotopic (exact) mass is 643 g/mol. The second-order valence-corrected chi connectivity index (χ2v) is 16.0. The highest BCUT2D eigenvalue weighted by Gasteiger charge is 2.59. The zero-order valence-corrected chi connectivity index (χ0v) is 28.0. The van der Waals surface area contributed by atoms with Crippen LogP contribution in [-0.2, 0) is 23.4 Å². The molecule has 0 aliphatic heterocycles. The number of allylic oxidation sites excluding steroid dienone is 1. The molecule has 3 fully saturated rings. The fourth-order valence-corrected chi connectivity index (χ4v) is 10.2. The quantitative estimate of drug-likeness (QED) is 0.0662. The highest BCUT2D eigenvalue weighted by atomic mass is 31.1. The minimum atomic E-state index is -2.81. The van der Waals surface area contributed by atoms with E-state index in [0.29, 0.717) is 17.8 Å². The smallest absolute Gasteiger partial charge is 0.479 e. The molecular formula is C33H56O10P+. The van der Waals surface area contributed by atoms with Gasteiger partial charge in [-0.3, -0.25) is 0 Å². The number of hydrogen-bond donors (Lipinski definition) is 5. The number of aliphatic hydroxyl groups is 4. The molecular weight excluding hydrogens is 587 g/mol. The van der Waals surface area contributed by atoms with Crippen molar-refractivity contribution in [3.8, 4) is 0 Å². The first-order valence-electron chi connectivity index (χ1n) is 16.8. The van der Waals surface area contributed by atoms with Crippen LogP contribution in [0.2, 0.25) is 0 Å². The molecule has 11 heteroatoms. The number of rotatable bonds is 15. The van der Waals surface area contributed by atoms with Crippen LogP contribution in [0.15, 0.2) is 11.6 Å². The lowest BCUT2D eigenvalue weighted by molar-refractivity contribution is -0.255. The van der Waals surface area contributed by atoms with E-state index in [2.05, 4.69) is 40.7 Å². The van der Waals surface area contributed by atoms with Crippen LogP contribution in [0.1, 0.15) is 105 Å². The summed E-state index contributed by atoms with van der Waals surface area (Å²) >= 11 is 0. The Labute approximate surface area is 263 Å². The molecule has 252 valence electrons. The molecule has 0 aromatic rings. The van der Waals surface area contributed by atoms with Gasteiger partial charge in [-0.05, 0) is 97.7 Å². The van der Waals surface area contributed by atoms with Crippen LogP contribution >= 0.6 is 8.25 Å². The molecule has 0 aromatic heterocycles. The maximum absolute atomic E-state index is 12.2. The summed E-state index contributed by atoms with van der Waals surface area (Å²) < 4.78 is 22.1. The van der Waals surface area contributed by atoms with Gasteiger partial charge in [0.1, 0.15) is 31.0 Å². The molecule has 0 radical (unpaired) electrons. The molecule has 44 heavy (non-hydrogen) atoms. The van der Waals surface area contributed by atoms with E-state index in [1.165, 1.54) is 50.5 Å².